The van der Waals surface area contributed by atoms with E-state index in [4.69, 9.17) is 24.1 Å². The molecule has 0 spiro atoms. The second-order valence-electron chi connectivity index (χ2n) is 13.2. The van der Waals surface area contributed by atoms with Gasteiger partial charge < -0.3 is 9.15 Å². The minimum Gasteiger partial charge on any atom is -0.488 e. The summed E-state index contributed by atoms with van der Waals surface area (Å²) in [5.74, 6) is 2.71. The second-order valence-corrected chi connectivity index (χ2v) is 13.2. The first-order chi connectivity index (χ1) is 23.5. The van der Waals surface area contributed by atoms with Crippen LogP contribution >= 0.6 is 0 Å². The van der Waals surface area contributed by atoms with Crippen LogP contribution in [0, 0.1) is 0 Å². The third kappa shape index (κ3) is 4.00. The van der Waals surface area contributed by atoms with Crippen molar-refractivity contribution in [2.45, 2.75) is 25.9 Å². The van der Waals surface area contributed by atoms with Crippen LogP contribution in [0.1, 0.15) is 30.5 Å². The van der Waals surface area contributed by atoms with E-state index in [1.54, 1.807) is 0 Å². The summed E-state index contributed by atoms with van der Waals surface area (Å²) >= 11 is 0. The molecular weight excluding hydrogens is 590 g/mol. The molecule has 6 aromatic carbocycles. The van der Waals surface area contributed by atoms with Crippen molar-refractivity contribution >= 4 is 21.9 Å². The van der Waals surface area contributed by atoms with E-state index in [0.29, 0.717) is 24.1 Å². The number of ether oxygens (including phenoxy) is 1. The molecule has 0 bridgehead atoms. The fraction of sp³-hybridized carbons (Fsp3) is 0.0930. The van der Waals surface area contributed by atoms with Crippen LogP contribution < -0.4 is 4.74 Å². The Bertz CT molecular complexity index is 2600. The van der Waals surface area contributed by atoms with E-state index < -0.39 is 0 Å². The Balaban J connectivity index is 1.15. The Kier molecular flexibility index (Phi) is 5.62. The van der Waals surface area contributed by atoms with Crippen molar-refractivity contribution in [1.82, 2.24) is 15.0 Å². The summed E-state index contributed by atoms with van der Waals surface area (Å²) in [5.41, 5.74) is 13.0. The largest absolute Gasteiger partial charge is 0.488 e. The zero-order chi connectivity index (χ0) is 32.0. The molecule has 0 saturated carbocycles. The van der Waals surface area contributed by atoms with Gasteiger partial charge in [0, 0.05) is 38.4 Å². The SMILES string of the molecule is CC1(C)c2ccccc2-c2cc3c(cc21)oc1ccc(-c2nc(-c4ccccc4)nc(-c4ccc5c(c4)-c4ccccc4CO5)n2)cc13. The van der Waals surface area contributed by atoms with Crippen molar-refractivity contribution in [3.63, 3.8) is 0 Å². The Hall–Kier alpha value is -6.07. The summed E-state index contributed by atoms with van der Waals surface area (Å²) in [6, 6.07) is 44.1. The van der Waals surface area contributed by atoms with Gasteiger partial charge in [-0.15, -0.1) is 0 Å². The first kappa shape index (κ1) is 27.1. The van der Waals surface area contributed by atoms with Crippen molar-refractivity contribution in [2.24, 2.45) is 0 Å². The van der Waals surface area contributed by atoms with Crippen LogP contribution in [-0.2, 0) is 12.0 Å². The van der Waals surface area contributed by atoms with Gasteiger partial charge in [-0.05, 0) is 81.9 Å². The van der Waals surface area contributed by atoms with Crippen molar-refractivity contribution in [1.29, 1.82) is 0 Å². The Morgan fingerprint density at radius 3 is 2.00 bits per heavy atom. The van der Waals surface area contributed by atoms with Gasteiger partial charge in [0.05, 0.1) is 0 Å². The topological polar surface area (TPSA) is 61.0 Å². The molecule has 228 valence electrons. The predicted octanol–water partition coefficient (Wildman–Crippen LogP) is 10.6. The third-order valence-corrected chi connectivity index (χ3v) is 10.0. The highest BCUT2D eigenvalue weighted by Crippen LogP contribution is 2.51. The van der Waals surface area contributed by atoms with Crippen LogP contribution in [0.15, 0.2) is 132 Å². The number of hydrogen-bond donors (Lipinski definition) is 0. The summed E-state index contributed by atoms with van der Waals surface area (Å²) in [6.07, 6.45) is 0. The quantitative estimate of drug-likeness (QED) is 0.197. The smallest absolute Gasteiger partial charge is 0.164 e. The average Bonchev–Trinajstić information content (AvgIpc) is 3.61. The zero-order valence-corrected chi connectivity index (χ0v) is 26.5. The zero-order valence-electron chi connectivity index (χ0n) is 26.5. The summed E-state index contributed by atoms with van der Waals surface area (Å²) in [5, 5.41) is 2.13. The highest BCUT2D eigenvalue weighted by Gasteiger charge is 2.36. The molecule has 0 saturated heterocycles. The maximum atomic E-state index is 6.46. The third-order valence-electron chi connectivity index (χ3n) is 10.0. The van der Waals surface area contributed by atoms with Crippen LogP contribution in [0.5, 0.6) is 5.75 Å². The van der Waals surface area contributed by atoms with Crippen molar-refractivity contribution < 1.29 is 9.15 Å². The van der Waals surface area contributed by atoms with Gasteiger partial charge in [-0.1, -0.05) is 92.7 Å². The van der Waals surface area contributed by atoms with Crippen LogP contribution in [-0.4, -0.2) is 15.0 Å². The van der Waals surface area contributed by atoms with Gasteiger partial charge in [0.1, 0.15) is 23.5 Å². The minimum absolute atomic E-state index is 0.0930. The highest BCUT2D eigenvalue weighted by atomic mass is 16.5. The Morgan fingerprint density at radius 1 is 0.500 bits per heavy atom. The molecule has 0 atom stereocenters. The molecule has 2 aromatic heterocycles. The molecule has 0 unspecified atom stereocenters. The molecule has 1 aliphatic carbocycles. The van der Waals surface area contributed by atoms with Crippen LogP contribution in [0.25, 0.3) is 78.4 Å². The van der Waals surface area contributed by atoms with Crippen molar-refractivity contribution in [3.8, 4) is 62.2 Å². The van der Waals surface area contributed by atoms with Gasteiger partial charge in [0.25, 0.3) is 0 Å². The first-order valence-electron chi connectivity index (χ1n) is 16.3. The van der Waals surface area contributed by atoms with Gasteiger partial charge in [0.15, 0.2) is 17.5 Å². The molecule has 8 aromatic rings. The molecule has 2 aliphatic rings. The lowest BCUT2D eigenvalue weighted by atomic mass is 9.82. The Morgan fingerprint density at radius 2 is 1.17 bits per heavy atom. The summed E-state index contributed by atoms with van der Waals surface area (Å²) in [4.78, 5) is 15.1. The highest BCUT2D eigenvalue weighted by molar-refractivity contribution is 6.08. The van der Waals surface area contributed by atoms with Gasteiger partial charge in [-0.25, -0.2) is 15.0 Å². The van der Waals surface area contributed by atoms with Gasteiger partial charge in [-0.3, -0.25) is 0 Å². The van der Waals surface area contributed by atoms with Gasteiger partial charge >= 0.3 is 0 Å². The lowest BCUT2D eigenvalue weighted by Gasteiger charge is -2.21. The normalized spacial score (nSPS) is 13.9. The first-order valence-corrected chi connectivity index (χ1v) is 16.3. The average molecular weight is 620 g/mol. The molecule has 1 aliphatic heterocycles. The fourth-order valence-corrected chi connectivity index (χ4v) is 7.53. The summed E-state index contributed by atoms with van der Waals surface area (Å²) < 4.78 is 12.6. The van der Waals surface area contributed by atoms with Gasteiger partial charge in [-0.2, -0.15) is 0 Å². The maximum absolute atomic E-state index is 6.46. The lowest BCUT2D eigenvalue weighted by Crippen LogP contribution is -2.14. The standard InChI is InChI=1S/C43H29N3O2/c1-43(2)35-15-9-8-14-30(35)31-22-34-33-21-27(17-19-38(33)48-39(34)23-36(31)43)42-45-40(25-10-4-3-5-11-25)44-41(46-42)26-16-18-37-32(20-26)29-13-7-6-12-28(29)24-47-37/h3-23H,24H2,1-2H3. The van der Waals surface area contributed by atoms with Crippen molar-refractivity contribution in [2.75, 3.05) is 0 Å². The van der Waals surface area contributed by atoms with E-state index >= 15 is 0 Å². The van der Waals surface area contributed by atoms with Crippen LogP contribution in [0.4, 0.5) is 0 Å². The molecule has 0 N–H and O–H groups in total. The van der Waals surface area contributed by atoms with E-state index in [1.165, 1.54) is 33.4 Å². The van der Waals surface area contributed by atoms with E-state index in [2.05, 4.69) is 86.6 Å². The summed E-state index contributed by atoms with van der Waals surface area (Å²) in [6.45, 7) is 5.15. The maximum Gasteiger partial charge on any atom is 0.164 e. The monoisotopic (exact) mass is 619 g/mol. The van der Waals surface area contributed by atoms with E-state index in [0.717, 1.165) is 49.9 Å². The molecular formula is C43H29N3O2. The molecule has 0 amide bonds. The number of benzene rings is 6. The molecule has 3 heterocycles. The number of rotatable bonds is 3. The number of nitrogens with zero attached hydrogens (tertiary/aromatic N) is 3. The number of furan rings is 1. The number of hydrogen-bond acceptors (Lipinski definition) is 5. The molecule has 0 fully saturated rings. The molecule has 0 radical (unpaired) electrons. The molecule has 5 nitrogen and oxygen atoms in total. The lowest BCUT2D eigenvalue weighted by molar-refractivity contribution is 0.302. The van der Waals surface area contributed by atoms with E-state index in [1.807, 2.05) is 54.6 Å². The second kappa shape index (κ2) is 9.96. The minimum atomic E-state index is -0.0930. The van der Waals surface area contributed by atoms with Crippen LogP contribution in [0.2, 0.25) is 0 Å². The van der Waals surface area contributed by atoms with Crippen molar-refractivity contribution in [3.05, 3.63) is 144 Å². The predicted molar refractivity (Wildman–Crippen MR) is 191 cm³/mol. The van der Waals surface area contributed by atoms with Crippen LogP contribution in [0.3, 0.4) is 0 Å². The van der Waals surface area contributed by atoms with Gasteiger partial charge in [0.2, 0.25) is 0 Å². The van der Waals surface area contributed by atoms with E-state index in [-0.39, 0.29) is 5.41 Å². The van der Waals surface area contributed by atoms with E-state index in [9.17, 15) is 0 Å². The summed E-state index contributed by atoms with van der Waals surface area (Å²) in [7, 11) is 0. The molecule has 5 heteroatoms. The Labute approximate surface area is 277 Å². The number of fused-ring (bicyclic) bond motifs is 9. The molecule has 48 heavy (non-hydrogen) atoms. The number of aromatic nitrogens is 3. The fourth-order valence-electron chi connectivity index (χ4n) is 7.53. The molecule has 10 rings (SSSR count).